The van der Waals surface area contributed by atoms with Gasteiger partial charge < -0.3 is 19.5 Å². The maximum atomic E-state index is 15.1. The molecule has 32 heavy (non-hydrogen) atoms. The van der Waals surface area contributed by atoms with Crippen molar-refractivity contribution in [2.24, 2.45) is 0 Å². The Morgan fingerprint density at radius 1 is 1.19 bits per heavy atom. The first-order valence-corrected chi connectivity index (χ1v) is 11.0. The fraction of sp³-hybridized carbons (Fsp3) is 0.417. The molecule has 3 aromatic rings. The molecular weight excluding hydrogens is 435 g/mol. The summed E-state index contributed by atoms with van der Waals surface area (Å²) in [6.45, 7) is 3.34. The van der Waals surface area contributed by atoms with E-state index >= 15 is 4.39 Å². The molecule has 1 aliphatic rings. The van der Waals surface area contributed by atoms with Crippen LogP contribution in [0.4, 0.5) is 4.39 Å². The van der Waals surface area contributed by atoms with Gasteiger partial charge in [-0.05, 0) is 79.5 Å². The monoisotopic (exact) mass is 460 g/mol. The molecule has 0 bridgehead atoms. The van der Waals surface area contributed by atoms with Gasteiger partial charge in [-0.2, -0.15) is 4.98 Å². The Bertz CT molecular complexity index is 1060. The average Bonchev–Trinajstić information content (AvgIpc) is 3.37. The van der Waals surface area contributed by atoms with Crippen LogP contribution in [0.3, 0.4) is 0 Å². The summed E-state index contributed by atoms with van der Waals surface area (Å²) in [5.74, 6) is 0.904. The maximum Gasteiger partial charge on any atom is 0.261 e. The minimum atomic E-state index is -1.36. The number of aromatic nitrogens is 2. The van der Waals surface area contributed by atoms with Crippen LogP contribution < -0.4 is 4.74 Å². The molecule has 0 aliphatic heterocycles. The first-order chi connectivity index (χ1) is 15.3. The van der Waals surface area contributed by atoms with Gasteiger partial charge in [-0.15, -0.1) is 0 Å². The highest BCUT2D eigenvalue weighted by Gasteiger charge is 2.47. The summed E-state index contributed by atoms with van der Waals surface area (Å²) in [4.78, 5) is 4.31. The number of ether oxygens (including phenoxy) is 1. The lowest BCUT2D eigenvalue weighted by Gasteiger charge is -2.16. The number of halogens is 2. The van der Waals surface area contributed by atoms with Crippen molar-refractivity contribution in [1.82, 2.24) is 10.1 Å². The maximum absolute atomic E-state index is 15.1. The largest absolute Gasteiger partial charge is 0.490 e. The number of nitrogens with zero attached hydrogens (tertiary/aromatic N) is 2. The molecule has 6 nitrogen and oxygen atoms in total. The molecule has 2 N–H and O–H groups in total. The Kier molecular flexibility index (Phi) is 6.51. The van der Waals surface area contributed by atoms with Crippen LogP contribution in [0.2, 0.25) is 5.02 Å². The predicted molar refractivity (Wildman–Crippen MR) is 119 cm³/mol. The Balaban J connectivity index is 1.48. The van der Waals surface area contributed by atoms with Gasteiger partial charge in [0.15, 0.2) is 6.17 Å². The molecule has 1 saturated carbocycles. The zero-order chi connectivity index (χ0) is 22.9. The van der Waals surface area contributed by atoms with E-state index in [-0.39, 0.29) is 30.9 Å². The van der Waals surface area contributed by atoms with E-state index in [0.29, 0.717) is 22.2 Å². The number of aryl methyl sites for hydroxylation is 2. The second-order valence-electron chi connectivity index (χ2n) is 8.50. The molecule has 2 aromatic carbocycles. The van der Waals surface area contributed by atoms with E-state index in [1.54, 1.807) is 0 Å². The van der Waals surface area contributed by atoms with Crippen LogP contribution in [0, 0.1) is 13.8 Å². The third kappa shape index (κ3) is 4.80. The number of aliphatic hydroxyl groups is 2. The van der Waals surface area contributed by atoms with Crippen molar-refractivity contribution in [2.75, 3.05) is 13.2 Å². The molecule has 1 aliphatic carbocycles. The van der Waals surface area contributed by atoms with Crippen LogP contribution in [-0.4, -0.2) is 39.7 Å². The van der Waals surface area contributed by atoms with Crippen LogP contribution in [0.1, 0.15) is 48.0 Å². The van der Waals surface area contributed by atoms with Crippen molar-refractivity contribution in [1.29, 1.82) is 0 Å². The lowest BCUT2D eigenvalue weighted by molar-refractivity contribution is 0.0532. The Labute approximate surface area is 191 Å². The molecule has 0 radical (unpaired) electrons. The minimum Gasteiger partial charge on any atom is -0.490 e. The van der Waals surface area contributed by atoms with E-state index in [0.717, 1.165) is 29.5 Å². The summed E-state index contributed by atoms with van der Waals surface area (Å²) < 4.78 is 26.0. The molecule has 1 aromatic heterocycles. The highest BCUT2D eigenvalue weighted by atomic mass is 35.5. The second kappa shape index (κ2) is 9.17. The molecule has 1 heterocycles. The van der Waals surface area contributed by atoms with Crippen LogP contribution in [-0.2, 0) is 5.41 Å². The SMILES string of the molecule is Cc1cc(-c2noc(C(F)CC3(c4ccc(Cl)cc4)CC3)n2)cc(C)c1OC[C@@H](O)CO. The standard InChI is InChI=1S/C24H26ClFN2O4/c1-14-9-16(10-15(2)21(14)31-13-19(30)12-29)22-27-23(32-28-22)20(26)11-24(7-8-24)17-3-5-18(25)6-4-17/h3-6,9-10,19-20,29-30H,7-8,11-13H2,1-2H3/t19-,20?/m0/s1. The van der Waals surface area contributed by atoms with Crippen molar-refractivity contribution in [3.8, 4) is 17.1 Å². The normalized spacial score (nSPS) is 16.6. The summed E-state index contributed by atoms with van der Waals surface area (Å²) in [5, 5.41) is 23.1. The number of hydrogen-bond acceptors (Lipinski definition) is 6. The topological polar surface area (TPSA) is 88.6 Å². The number of aliphatic hydroxyl groups excluding tert-OH is 2. The van der Waals surface area contributed by atoms with Gasteiger partial charge in [-0.1, -0.05) is 28.9 Å². The number of benzene rings is 2. The molecule has 0 spiro atoms. The first kappa shape index (κ1) is 22.7. The van der Waals surface area contributed by atoms with Crippen LogP contribution in [0.25, 0.3) is 11.4 Å². The molecule has 1 unspecified atom stereocenters. The van der Waals surface area contributed by atoms with Crippen molar-refractivity contribution in [2.45, 2.75) is 50.8 Å². The molecule has 0 amide bonds. The summed E-state index contributed by atoms with van der Waals surface area (Å²) in [6, 6.07) is 11.2. The quantitative estimate of drug-likeness (QED) is 0.473. The zero-order valence-corrected chi connectivity index (χ0v) is 18.8. The van der Waals surface area contributed by atoms with Gasteiger partial charge in [-0.25, -0.2) is 4.39 Å². The van der Waals surface area contributed by atoms with E-state index in [9.17, 15) is 5.11 Å². The van der Waals surface area contributed by atoms with Crippen molar-refractivity contribution in [3.63, 3.8) is 0 Å². The summed E-state index contributed by atoms with van der Waals surface area (Å²) in [7, 11) is 0. The third-order valence-corrected chi connectivity index (χ3v) is 6.19. The predicted octanol–water partition coefficient (Wildman–Crippen LogP) is 4.87. The van der Waals surface area contributed by atoms with Crippen LogP contribution in [0.5, 0.6) is 5.75 Å². The third-order valence-electron chi connectivity index (χ3n) is 5.94. The average molecular weight is 461 g/mol. The number of hydrogen-bond donors (Lipinski definition) is 2. The Hall–Kier alpha value is -2.48. The fourth-order valence-corrected chi connectivity index (χ4v) is 4.14. The van der Waals surface area contributed by atoms with Gasteiger partial charge in [0.1, 0.15) is 18.5 Å². The molecule has 8 heteroatoms. The highest BCUT2D eigenvalue weighted by molar-refractivity contribution is 6.30. The van der Waals surface area contributed by atoms with Crippen LogP contribution >= 0.6 is 11.6 Å². The molecule has 4 rings (SSSR count). The van der Waals surface area contributed by atoms with Gasteiger partial charge in [0.2, 0.25) is 5.82 Å². The summed E-state index contributed by atoms with van der Waals surface area (Å²) in [5.41, 5.74) is 3.19. The Morgan fingerprint density at radius 3 is 2.44 bits per heavy atom. The molecule has 170 valence electrons. The van der Waals surface area contributed by atoms with Gasteiger partial charge in [0.25, 0.3) is 5.89 Å². The zero-order valence-electron chi connectivity index (χ0n) is 18.0. The van der Waals surface area contributed by atoms with Crippen molar-refractivity contribution in [3.05, 3.63) is 64.0 Å². The van der Waals surface area contributed by atoms with E-state index < -0.39 is 12.3 Å². The summed E-state index contributed by atoms with van der Waals surface area (Å²) >= 11 is 5.98. The number of rotatable bonds is 9. The Morgan fingerprint density at radius 2 is 1.84 bits per heavy atom. The summed E-state index contributed by atoms with van der Waals surface area (Å²) in [6.07, 6.45) is -0.188. The van der Waals surface area contributed by atoms with E-state index in [2.05, 4.69) is 10.1 Å². The molecule has 2 atom stereocenters. The van der Waals surface area contributed by atoms with E-state index in [1.807, 2.05) is 50.2 Å². The minimum absolute atomic E-state index is 0.0111. The molecule has 1 fully saturated rings. The number of alkyl halides is 1. The van der Waals surface area contributed by atoms with Crippen molar-refractivity contribution >= 4 is 11.6 Å². The van der Waals surface area contributed by atoms with Gasteiger partial charge in [0, 0.05) is 10.6 Å². The first-order valence-electron chi connectivity index (χ1n) is 10.6. The smallest absolute Gasteiger partial charge is 0.261 e. The van der Waals surface area contributed by atoms with E-state index in [4.69, 9.17) is 26.0 Å². The molecular formula is C24H26ClFN2O4. The van der Waals surface area contributed by atoms with Crippen molar-refractivity contribution < 1.29 is 23.9 Å². The van der Waals surface area contributed by atoms with Crippen LogP contribution in [0.15, 0.2) is 40.9 Å². The fourth-order valence-electron chi connectivity index (χ4n) is 4.01. The lowest BCUT2D eigenvalue weighted by Crippen LogP contribution is -2.21. The highest BCUT2D eigenvalue weighted by Crippen LogP contribution is 2.54. The van der Waals surface area contributed by atoms with E-state index in [1.165, 1.54) is 0 Å². The lowest BCUT2D eigenvalue weighted by atomic mass is 9.90. The van der Waals surface area contributed by atoms with Gasteiger partial charge in [-0.3, -0.25) is 0 Å². The van der Waals surface area contributed by atoms with Gasteiger partial charge in [0.05, 0.1) is 6.61 Å². The van der Waals surface area contributed by atoms with Gasteiger partial charge >= 0.3 is 0 Å². The second-order valence-corrected chi connectivity index (χ2v) is 8.94. The molecule has 0 saturated heterocycles.